The number of aromatic nitrogens is 2. The topological polar surface area (TPSA) is 38.2 Å². The molecule has 1 aromatic carbocycles. The summed E-state index contributed by atoms with van der Waals surface area (Å²) in [6.07, 6.45) is 4.65. The predicted molar refractivity (Wildman–Crippen MR) is 82.3 cm³/mol. The first-order valence-electron chi connectivity index (χ1n) is 7.40. The number of rotatable bonds is 4. The van der Waals surface area contributed by atoms with Crippen molar-refractivity contribution in [3.8, 4) is 6.01 Å². The van der Waals surface area contributed by atoms with Crippen LogP contribution in [-0.4, -0.2) is 34.1 Å². The highest BCUT2D eigenvalue weighted by Gasteiger charge is 2.21. The van der Waals surface area contributed by atoms with Crippen LogP contribution in [0.2, 0.25) is 5.02 Å². The van der Waals surface area contributed by atoms with Crippen LogP contribution in [0, 0.1) is 11.6 Å². The lowest BCUT2D eigenvalue weighted by atomic mass is 10.1. The van der Waals surface area contributed by atoms with Gasteiger partial charge in [-0.1, -0.05) is 11.6 Å². The van der Waals surface area contributed by atoms with E-state index >= 15 is 0 Å². The van der Waals surface area contributed by atoms with E-state index < -0.39 is 11.6 Å². The molecule has 2 aromatic rings. The molecule has 0 saturated carbocycles. The van der Waals surface area contributed by atoms with Gasteiger partial charge in [0, 0.05) is 25.7 Å². The number of piperidine rings is 1. The van der Waals surface area contributed by atoms with Gasteiger partial charge in [-0.3, -0.25) is 4.90 Å². The Labute approximate surface area is 138 Å². The summed E-state index contributed by atoms with van der Waals surface area (Å²) in [4.78, 5) is 10.2. The molecule has 0 spiro atoms. The molecule has 0 radical (unpaired) electrons. The maximum atomic E-state index is 13.2. The van der Waals surface area contributed by atoms with Crippen LogP contribution in [0.15, 0.2) is 30.6 Å². The molecule has 1 aliphatic heterocycles. The number of benzene rings is 1. The molecule has 1 fully saturated rings. The molecule has 2 heterocycles. The van der Waals surface area contributed by atoms with E-state index in [0.717, 1.165) is 32.0 Å². The average molecular weight is 340 g/mol. The van der Waals surface area contributed by atoms with Crippen molar-refractivity contribution < 1.29 is 13.5 Å². The van der Waals surface area contributed by atoms with Crippen molar-refractivity contribution in [3.05, 3.63) is 52.8 Å². The second-order valence-electron chi connectivity index (χ2n) is 5.55. The normalized spacial score (nSPS) is 16.5. The molecular weight excluding hydrogens is 324 g/mol. The second kappa shape index (κ2) is 7.19. The lowest BCUT2D eigenvalue weighted by molar-refractivity contribution is 0.0891. The minimum atomic E-state index is -0.543. The summed E-state index contributed by atoms with van der Waals surface area (Å²) < 4.78 is 32.1. The Kier molecular flexibility index (Phi) is 5.03. The van der Waals surface area contributed by atoms with Gasteiger partial charge in [0.15, 0.2) is 0 Å². The van der Waals surface area contributed by atoms with Gasteiger partial charge in [-0.25, -0.2) is 18.7 Å². The molecule has 1 aromatic heterocycles. The molecule has 4 nitrogen and oxygen atoms in total. The Hall–Kier alpha value is -1.79. The number of hydrogen-bond donors (Lipinski definition) is 0. The van der Waals surface area contributed by atoms with Crippen LogP contribution in [0.1, 0.15) is 18.4 Å². The van der Waals surface area contributed by atoms with Gasteiger partial charge in [0.2, 0.25) is 0 Å². The summed E-state index contributed by atoms with van der Waals surface area (Å²) in [6, 6.07) is 3.94. The van der Waals surface area contributed by atoms with Crippen LogP contribution in [0.3, 0.4) is 0 Å². The average Bonchev–Trinajstić information content (AvgIpc) is 2.50. The van der Waals surface area contributed by atoms with Gasteiger partial charge in [0.1, 0.15) is 17.7 Å². The molecule has 1 saturated heterocycles. The second-order valence-corrected chi connectivity index (χ2v) is 5.99. The van der Waals surface area contributed by atoms with Crippen LogP contribution in [0.4, 0.5) is 8.78 Å². The van der Waals surface area contributed by atoms with E-state index in [1.807, 2.05) is 0 Å². The van der Waals surface area contributed by atoms with Gasteiger partial charge in [-0.2, -0.15) is 0 Å². The molecule has 0 amide bonds. The highest BCUT2D eigenvalue weighted by Crippen LogP contribution is 2.19. The standard InChI is InChI=1S/C16H16ClF2N3O/c17-12-8-20-16(21-9-12)23-15-1-3-22(4-2-15)10-11-5-13(18)7-14(19)6-11/h5-9,15H,1-4,10H2. The highest BCUT2D eigenvalue weighted by molar-refractivity contribution is 6.30. The number of hydrogen-bond acceptors (Lipinski definition) is 4. The smallest absolute Gasteiger partial charge is 0.316 e. The Bertz CT molecular complexity index is 641. The van der Waals surface area contributed by atoms with E-state index in [2.05, 4.69) is 14.9 Å². The third-order valence-corrected chi connectivity index (χ3v) is 3.93. The summed E-state index contributed by atoms with van der Waals surface area (Å²) >= 11 is 5.73. The SMILES string of the molecule is Fc1cc(F)cc(CN2CCC(Oc3ncc(Cl)cn3)CC2)c1. The van der Waals surface area contributed by atoms with Crippen LogP contribution >= 0.6 is 11.6 Å². The lowest BCUT2D eigenvalue weighted by Gasteiger charge is -2.31. The van der Waals surface area contributed by atoms with Crippen molar-refractivity contribution in [2.24, 2.45) is 0 Å². The minimum Gasteiger partial charge on any atom is -0.460 e. The van der Waals surface area contributed by atoms with Crippen LogP contribution in [0.5, 0.6) is 6.01 Å². The van der Waals surface area contributed by atoms with E-state index in [9.17, 15) is 8.78 Å². The molecule has 1 aliphatic rings. The van der Waals surface area contributed by atoms with Crippen molar-refractivity contribution in [2.45, 2.75) is 25.5 Å². The summed E-state index contributed by atoms with van der Waals surface area (Å²) in [5.74, 6) is -1.09. The zero-order valence-electron chi connectivity index (χ0n) is 12.4. The van der Waals surface area contributed by atoms with Gasteiger partial charge in [0.25, 0.3) is 0 Å². The van der Waals surface area contributed by atoms with Crippen LogP contribution in [0.25, 0.3) is 0 Å². The zero-order chi connectivity index (χ0) is 16.2. The molecule has 3 rings (SSSR count). The molecule has 0 N–H and O–H groups in total. The third-order valence-electron chi connectivity index (χ3n) is 3.73. The number of ether oxygens (including phenoxy) is 1. The van der Waals surface area contributed by atoms with Gasteiger partial charge in [-0.05, 0) is 30.5 Å². The first kappa shape index (κ1) is 16.1. The van der Waals surface area contributed by atoms with Crippen molar-refractivity contribution in [1.29, 1.82) is 0 Å². The fourth-order valence-corrected chi connectivity index (χ4v) is 2.75. The molecule has 7 heteroatoms. The number of likely N-dealkylation sites (tertiary alicyclic amines) is 1. The van der Waals surface area contributed by atoms with Crippen LogP contribution in [-0.2, 0) is 6.54 Å². The lowest BCUT2D eigenvalue weighted by Crippen LogP contribution is -2.38. The molecular formula is C16H16ClF2N3O. The number of halogens is 3. The maximum Gasteiger partial charge on any atom is 0.316 e. The summed E-state index contributed by atoms with van der Waals surface area (Å²) in [5.41, 5.74) is 0.642. The van der Waals surface area contributed by atoms with E-state index in [4.69, 9.17) is 16.3 Å². The van der Waals surface area contributed by atoms with E-state index in [1.165, 1.54) is 24.5 Å². The van der Waals surface area contributed by atoms with E-state index in [0.29, 0.717) is 23.1 Å². The van der Waals surface area contributed by atoms with Gasteiger partial charge in [-0.15, -0.1) is 0 Å². The molecule has 0 unspecified atom stereocenters. The van der Waals surface area contributed by atoms with Gasteiger partial charge < -0.3 is 4.74 Å². The largest absolute Gasteiger partial charge is 0.460 e. The maximum absolute atomic E-state index is 13.2. The predicted octanol–water partition coefficient (Wildman–Crippen LogP) is 3.45. The monoisotopic (exact) mass is 339 g/mol. The first-order chi connectivity index (χ1) is 11.1. The van der Waals surface area contributed by atoms with Crippen LogP contribution < -0.4 is 4.74 Å². The Morgan fingerprint density at radius 1 is 1.09 bits per heavy atom. The van der Waals surface area contributed by atoms with Crippen molar-refractivity contribution in [3.63, 3.8) is 0 Å². The fraction of sp³-hybridized carbons (Fsp3) is 0.375. The third kappa shape index (κ3) is 4.59. The summed E-state index contributed by atoms with van der Waals surface area (Å²) in [7, 11) is 0. The van der Waals surface area contributed by atoms with Crippen molar-refractivity contribution in [2.75, 3.05) is 13.1 Å². The number of nitrogens with zero attached hydrogens (tertiary/aromatic N) is 3. The quantitative estimate of drug-likeness (QED) is 0.855. The van der Waals surface area contributed by atoms with Crippen molar-refractivity contribution >= 4 is 11.6 Å². The molecule has 0 atom stereocenters. The molecule has 23 heavy (non-hydrogen) atoms. The van der Waals surface area contributed by atoms with Gasteiger partial charge in [0.05, 0.1) is 17.4 Å². The highest BCUT2D eigenvalue weighted by atomic mass is 35.5. The minimum absolute atomic E-state index is 0.0386. The van der Waals surface area contributed by atoms with E-state index in [-0.39, 0.29) is 6.10 Å². The first-order valence-corrected chi connectivity index (χ1v) is 7.78. The molecule has 0 bridgehead atoms. The molecule has 0 aliphatic carbocycles. The Balaban J connectivity index is 1.51. The summed E-state index contributed by atoms with van der Waals surface area (Å²) in [5, 5.41) is 0.467. The van der Waals surface area contributed by atoms with Crippen molar-refractivity contribution in [1.82, 2.24) is 14.9 Å². The Morgan fingerprint density at radius 3 is 2.30 bits per heavy atom. The zero-order valence-corrected chi connectivity index (χ0v) is 13.1. The molecule has 122 valence electrons. The van der Waals surface area contributed by atoms with Gasteiger partial charge >= 0.3 is 6.01 Å². The Morgan fingerprint density at radius 2 is 1.70 bits per heavy atom. The van der Waals surface area contributed by atoms with E-state index in [1.54, 1.807) is 0 Å². The summed E-state index contributed by atoms with van der Waals surface area (Å²) in [6.45, 7) is 2.10. The fourth-order valence-electron chi connectivity index (χ4n) is 2.66.